The van der Waals surface area contributed by atoms with Crippen LogP contribution in [0.25, 0.3) is 0 Å². The van der Waals surface area contributed by atoms with Crippen LogP contribution in [0.2, 0.25) is 5.02 Å². The monoisotopic (exact) mass is 416 g/mol. The second-order valence-electron chi connectivity index (χ2n) is 6.70. The second-order valence-corrected chi connectivity index (χ2v) is 7.10. The molecule has 2 aromatic heterocycles. The van der Waals surface area contributed by atoms with Gasteiger partial charge in [-0.3, -0.25) is 14.9 Å². The molecule has 3 rings (SSSR count). The first-order valence-corrected chi connectivity index (χ1v) is 9.23. The minimum absolute atomic E-state index is 0.0923. The number of hydrogen-bond donors (Lipinski definition) is 1. The third kappa shape index (κ3) is 4.64. The lowest BCUT2D eigenvalue weighted by atomic mass is 9.91. The van der Waals surface area contributed by atoms with Crippen LogP contribution in [0.1, 0.15) is 47.6 Å². The smallest absolute Gasteiger partial charge is 0.381 e. The molecule has 1 fully saturated rings. The number of H-pyrrole nitrogens is 1. The van der Waals surface area contributed by atoms with Gasteiger partial charge in [-0.2, -0.15) is 18.3 Å². The topological polar surface area (TPSA) is 71.1 Å². The maximum absolute atomic E-state index is 13.0. The lowest BCUT2D eigenvalue weighted by Gasteiger charge is -2.36. The molecule has 0 spiro atoms. The zero-order chi connectivity index (χ0) is 20.3. The summed E-state index contributed by atoms with van der Waals surface area (Å²) < 4.78 is 44.0. The summed E-state index contributed by atoms with van der Waals surface area (Å²) in [5, 5.41) is 5.86. The molecule has 10 heteroatoms. The Labute approximate surface area is 165 Å². The van der Waals surface area contributed by atoms with Crippen LogP contribution in [-0.2, 0) is 17.5 Å². The molecule has 1 saturated carbocycles. The van der Waals surface area contributed by atoms with Gasteiger partial charge in [-0.25, -0.2) is 0 Å². The van der Waals surface area contributed by atoms with Crippen LogP contribution in [-0.4, -0.2) is 45.2 Å². The van der Waals surface area contributed by atoms with Crippen molar-refractivity contribution in [2.24, 2.45) is 0 Å². The van der Waals surface area contributed by atoms with E-state index in [1.54, 1.807) is 25.4 Å². The van der Waals surface area contributed by atoms with Gasteiger partial charge in [-0.05, 0) is 37.8 Å². The van der Waals surface area contributed by atoms with Gasteiger partial charge < -0.3 is 9.64 Å². The van der Waals surface area contributed by atoms with Gasteiger partial charge >= 0.3 is 6.18 Å². The first kappa shape index (κ1) is 20.6. The van der Waals surface area contributed by atoms with E-state index in [1.807, 2.05) is 5.10 Å². The number of hydrogen-bond acceptors (Lipinski definition) is 4. The average molecular weight is 417 g/mol. The van der Waals surface area contributed by atoms with Crippen LogP contribution in [0.5, 0.6) is 0 Å². The van der Waals surface area contributed by atoms with Gasteiger partial charge in [0.25, 0.3) is 5.91 Å². The zero-order valence-electron chi connectivity index (χ0n) is 15.2. The second kappa shape index (κ2) is 8.48. The molecule has 0 bridgehead atoms. The Hall–Kier alpha value is -2.13. The van der Waals surface area contributed by atoms with E-state index in [9.17, 15) is 18.0 Å². The lowest BCUT2D eigenvalue weighted by molar-refractivity contribution is -0.141. The fraction of sp³-hybridized carbons (Fsp3) is 0.500. The van der Waals surface area contributed by atoms with Crippen LogP contribution >= 0.6 is 11.6 Å². The molecule has 152 valence electrons. The maximum atomic E-state index is 13.0. The first-order chi connectivity index (χ1) is 13.3. The van der Waals surface area contributed by atoms with E-state index < -0.39 is 17.8 Å². The number of nitrogens with zero attached hydrogens (tertiary/aromatic N) is 3. The van der Waals surface area contributed by atoms with Gasteiger partial charge in [-0.15, -0.1) is 0 Å². The van der Waals surface area contributed by atoms with Crippen LogP contribution in [0.3, 0.4) is 0 Å². The molecule has 2 heterocycles. The van der Waals surface area contributed by atoms with Crippen molar-refractivity contribution in [1.82, 2.24) is 20.1 Å². The minimum Gasteiger partial charge on any atom is -0.381 e. The molecule has 1 aliphatic rings. The standard InChI is InChI=1S/C18H20ClF3N4O2/c1-28-12-6-4-11(5-7-12)26(10-15-13(19)3-2-8-23-15)17(27)14-9-16(25-24-14)18(20,21)22/h2-3,8-9,11-12H,4-7,10H2,1H3,(H,24,25). The van der Waals surface area contributed by atoms with Crippen LogP contribution < -0.4 is 0 Å². The Morgan fingerprint density at radius 3 is 2.64 bits per heavy atom. The highest BCUT2D eigenvalue weighted by Gasteiger charge is 2.36. The molecule has 1 amide bonds. The SMILES string of the molecule is COC1CCC(N(Cc2ncccc2Cl)C(=O)c2cc(C(F)(F)F)[nH]n2)CC1. The van der Waals surface area contributed by atoms with Crippen LogP contribution in [0.4, 0.5) is 13.2 Å². The molecule has 0 aromatic carbocycles. The number of aromatic nitrogens is 3. The number of amides is 1. The Morgan fingerprint density at radius 2 is 2.07 bits per heavy atom. The summed E-state index contributed by atoms with van der Waals surface area (Å²) in [6.45, 7) is 0.0923. The Kier molecular flexibility index (Phi) is 6.24. The highest BCUT2D eigenvalue weighted by molar-refractivity contribution is 6.31. The maximum Gasteiger partial charge on any atom is 0.432 e. The van der Waals surface area contributed by atoms with Gasteiger partial charge in [0.05, 0.1) is 23.4 Å². The molecule has 1 N–H and O–H groups in total. The largest absolute Gasteiger partial charge is 0.432 e. The number of nitrogens with one attached hydrogen (secondary N) is 1. The van der Waals surface area contributed by atoms with Crippen LogP contribution in [0.15, 0.2) is 24.4 Å². The molecule has 0 radical (unpaired) electrons. The summed E-state index contributed by atoms with van der Waals surface area (Å²) in [6.07, 6.45) is -0.0610. The van der Waals surface area contributed by atoms with E-state index in [-0.39, 0.29) is 24.4 Å². The zero-order valence-corrected chi connectivity index (χ0v) is 15.9. The molecular weight excluding hydrogens is 397 g/mol. The van der Waals surface area contributed by atoms with Gasteiger partial charge in [0, 0.05) is 25.4 Å². The summed E-state index contributed by atoms with van der Waals surface area (Å²) in [6, 6.07) is 3.90. The summed E-state index contributed by atoms with van der Waals surface area (Å²) in [7, 11) is 1.64. The summed E-state index contributed by atoms with van der Waals surface area (Å²) >= 11 is 6.18. The number of methoxy groups -OCH3 is 1. The number of rotatable bonds is 5. The van der Waals surface area contributed by atoms with E-state index >= 15 is 0 Å². The highest BCUT2D eigenvalue weighted by Crippen LogP contribution is 2.30. The molecule has 1 aliphatic carbocycles. The van der Waals surface area contributed by atoms with E-state index in [0.29, 0.717) is 23.6 Å². The van der Waals surface area contributed by atoms with E-state index in [2.05, 4.69) is 10.1 Å². The van der Waals surface area contributed by atoms with E-state index in [0.717, 1.165) is 18.9 Å². The molecule has 0 aliphatic heterocycles. The molecule has 0 atom stereocenters. The molecular formula is C18H20ClF3N4O2. The van der Waals surface area contributed by atoms with Crippen molar-refractivity contribution < 1.29 is 22.7 Å². The fourth-order valence-corrected chi connectivity index (χ4v) is 3.56. The Balaban J connectivity index is 1.86. The van der Waals surface area contributed by atoms with E-state index in [1.165, 1.54) is 4.90 Å². The summed E-state index contributed by atoms with van der Waals surface area (Å²) in [4.78, 5) is 18.7. The number of aromatic amines is 1. The third-order valence-corrected chi connectivity index (χ3v) is 5.28. The first-order valence-electron chi connectivity index (χ1n) is 8.85. The van der Waals surface area contributed by atoms with Crippen molar-refractivity contribution in [2.45, 2.75) is 50.6 Å². The molecule has 6 nitrogen and oxygen atoms in total. The van der Waals surface area contributed by atoms with Crippen molar-refractivity contribution in [3.8, 4) is 0 Å². The number of ether oxygens (including phenoxy) is 1. The molecule has 0 saturated heterocycles. The van der Waals surface area contributed by atoms with Crippen molar-refractivity contribution >= 4 is 17.5 Å². The molecule has 2 aromatic rings. The number of halogens is 4. The molecule has 28 heavy (non-hydrogen) atoms. The third-order valence-electron chi connectivity index (χ3n) is 4.94. The van der Waals surface area contributed by atoms with Crippen molar-refractivity contribution in [1.29, 1.82) is 0 Å². The number of carbonyl (C=O) groups is 1. The Morgan fingerprint density at radius 1 is 1.36 bits per heavy atom. The summed E-state index contributed by atoms with van der Waals surface area (Å²) in [5.74, 6) is -0.589. The van der Waals surface area contributed by atoms with Crippen molar-refractivity contribution in [3.05, 3.63) is 46.5 Å². The van der Waals surface area contributed by atoms with Gasteiger partial charge in [0.1, 0.15) is 5.69 Å². The number of pyridine rings is 1. The predicted molar refractivity (Wildman–Crippen MR) is 95.8 cm³/mol. The lowest BCUT2D eigenvalue weighted by Crippen LogP contribution is -2.43. The highest BCUT2D eigenvalue weighted by atomic mass is 35.5. The quantitative estimate of drug-likeness (QED) is 0.797. The van der Waals surface area contributed by atoms with E-state index in [4.69, 9.17) is 16.3 Å². The van der Waals surface area contributed by atoms with Crippen molar-refractivity contribution in [2.75, 3.05) is 7.11 Å². The van der Waals surface area contributed by atoms with Gasteiger partial charge in [-0.1, -0.05) is 11.6 Å². The number of alkyl halides is 3. The van der Waals surface area contributed by atoms with Gasteiger partial charge in [0.15, 0.2) is 5.69 Å². The average Bonchev–Trinajstić information content (AvgIpc) is 3.18. The predicted octanol–water partition coefficient (Wildman–Crippen LogP) is 4.08. The van der Waals surface area contributed by atoms with Crippen LogP contribution in [0, 0.1) is 0 Å². The molecule has 0 unspecified atom stereocenters. The summed E-state index contributed by atoms with van der Waals surface area (Å²) in [5.41, 5.74) is -0.860. The number of carbonyl (C=O) groups excluding carboxylic acids is 1. The minimum atomic E-state index is -4.60. The Bertz CT molecular complexity index is 819. The van der Waals surface area contributed by atoms with Gasteiger partial charge in [0.2, 0.25) is 0 Å². The fourth-order valence-electron chi connectivity index (χ4n) is 3.38. The normalized spacial score (nSPS) is 20.2. The van der Waals surface area contributed by atoms with Crippen molar-refractivity contribution in [3.63, 3.8) is 0 Å².